The molecule has 0 saturated heterocycles. The van der Waals surface area contributed by atoms with E-state index in [1.54, 1.807) is 23.7 Å². The van der Waals surface area contributed by atoms with Gasteiger partial charge in [-0.3, -0.25) is 10.1 Å². The van der Waals surface area contributed by atoms with Crippen LogP contribution in [0.5, 0.6) is 5.75 Å². The number of rotatable bonds is 5. The first-order valence-corrected chi connectivity index (χ1v) is 8.44. The second-order valence-corrected chi connectivity index (χ2v) is 6.26. The summed E-state index contributed by atoms with van der Waals surface area (Å²) in [6.45, 7) is 0.366. The first-order chi connectivity index (χ1) is 11.2. The lowest BCUT2D eigenvalue weighted by atomic mass is 10.2. The zero-order chi connectivity index (χ0) is 16.1. The third-order valence-corrected chi connectivity index (χ3v) is 4.43. The van der Waals surface area contributed by atoms with E-state index in [-0.39, 0.29) is 5.91 Å². The van der Waals surface area contributed by atoms with E-state index in [0.717, 1.165) is 10.0 Å². The van der Waals surface area contributed by atoms with Gasteiger partial charge < -0.3 is 4.74 Å². The maximum absolute atomic E-state index is 12.3. The highest BCUT2D eigenvalue weighted by Gasteiger charge is 2.14. The largest absolute Gasteiger partial charge is 0.488 e. The van der Waals surface area contributed by atoms with Gasteiger partial charge in [-0.05, 0) is 18.2 Å². The summed E-state index contributed by atoms with van der Waals surface area (Å²) in [6, 6.07) is 14.9. The number of hydrogen-bond acceptors (Lipinski definition) is 5. The van der Waals surface area contributed by atoms with Crippen LogP contribution in [0.4, 0.5) is 5.13 Å². The molecule has 7 heteroatoms. The van der Waals surface area contributed by atoms with Gasteiger partial charge in [-0.25, -0.2) is 0 Å². The molecule has 0 spiro atoms. The molecule has 0 radical (unpaired) electrons. The van der Waals surface area contributed by atoms with Crippen molar-refractivity contribution < 1.29 is 9.53 Å². The number of aromatic nitrogens is 2. The van der Waals surface area contributed by atoms with Gasteiger partial charge in [0.2, 0.25) is 5.13 Å². The van der Waals surface area contributed by atoms with E-state index in [2.05, 4.69) is 31.4 Å². The third-order valence-electron chi connectivity index (χ3n) is 3.05. The highest BCUT2D eigenvalue weighted by molar-refractivity contribution is 9.10. The van der Waals surface area contributed by atoms with Crippen LogP contribution in [0.15, 0.2) is 58.5 Å². The van der Waals surface area contributed by atoms with Crippen LogP contribution in [0.25, 0.3) is 0 Å². The zero-order valence-electron chi connectivity index (χ0n) is 11.9. The number of anilines is 1. The van der Waals surface area contributed by atoms with Gasteiger partial charge in [-0.15, -0.1) is 10.2 Å². The number of para-hydroxylation sites is 1. The molecule has 23 heavy (non-hydrogen) atoms. The van der Waals surface area contributed by atoms with E-state index in [9.17, 15) is 4.79 Å². The van der Waals surface area contributed by atoms with Crippen LogP contribution >= 0.6 is 27.3 Å². The second-order valence-electron chi connectivity index (χ2n) is 4.57. The summed E-state index contributed by atoms with van der Waals surface area (Å²) in [5, 5.41) is 10.7. The number of amides is 1. The van der Waals surface area contributed by atoms with Crippen LogP contribution in [0, 0.1) is 0 Å². The maximum atomic E-state index is 12.3. The number of ether oxygens (including phenoxy) is 1. The van der Waals surface area contributed by atoms with Gasteiger partial charge in [0.25, 0.3) is 5.91 Å². The van der Waals surface area contributed by atoms with E-state index in [4.69, 9.17) is 4.74 Å². The monoisotopic (exact) mass is 389 g/mol. The molecule has 1 amide bonds. The topological polar surface area (TPSA) is 64.1 Å². The normalized spacial score (nSPS) is 10.3. The number of halogens is 1. The zero-order valence-corrected chi connectivity index (χ0v) is 14.3. The van der Waals surface area contributed by atoms with Crippen molar-refractivity contribution in [3.63, 3.8) is 0 Å². The van der Waals surface area contributed by atoms with Crippen molar-refractivity contribution in [2.75, 3.05) is 5.32 Å². The molecular weight excluding hydrogens is 378 g/mol. The van der Waals surface area contributed by atoms with E-state index in [1.165, 1.54) is 11.3 Å². The minimum atomic E-state index is -0.274. The van der Waals surface area contributed by atoms with E-state index in [1.807, 2.05) is 30.3 Å². The number of nitrogens with zero attached hydrogens (tertiary/aromatic N) is 2. The molecule has 3 aromatic rings. The SMILES string of the molecule is O=C(Nc1nncs1)c1ccccc1OCc1ccccc1Br. The molecule has 0 saturated carbocycles. The smallest absolute Gasteiger partial charge is 0.261 e. The standard InChI is InChI=1S/C16H12BrN3O2S/c17-13-7-3-1-5-11(13)9-22-14-8-4-2-6-12(14)15(21)19-16-20-18-10-23-16/h1-8,10H,9H2,(H,19,20,21). The molecule has 0 aliphatic rings. The number of carbonyl (C=O) groups excluding carboxylic acids is 1. The van der Waals surface area contributed by atoms with Crippen LogP contribution in [0.1, 0.15) is 15.9 Å². The minimum absolute atomic E-state index is 0.274. The Balaban J connectivity index is 1.75. The Labute approximate surface area is 145 Å². The molecule has 0 unspecified atom stereocenters. The fourth-order valence-corrected chi connectivity index (χ4v) is 2.78. The van der Waals surface area contributed by atoms with Crippen molar-refractivity contribution in [1.29, 1.82) is 0 Å². The maximum Gasteiger partial charge on any atom is 0.261 e. The lowest BCUT2D eigenvalue weighted by Gasteiger charge is -2.11. The fraction of sp³-hybridized carbons (Fsp3) is 0.0625. The predicted octanol–water partition coefficient (Wildman–Crippen LogP) is 4.13. The summed E-state index contributed by atoms with van der Waals surface area (Å²) >= 11 is 4.75. The Kier molecular flexibility index (Phi) is 4.99. The average Bonchev–Trinajstić information content (AvgIpc) is 3.07. The Hall–Kier alpha value is -2.25. The molecule has 0 bridgehead atoms. The molecule has 5 nitrogen and oxygen atoms in total. The fourth-order valence-electron chi connectivity index (χ4n) is 1.94. The van der Waals surface area contributed by atoms with Crippen molar-refractivity contribution in [1.82, 2.24) is 10.2 Å². The summed E-state index contributed by atoms with van der Waals surface area (Å²) < 4.78 is 6.79. The lowest BCUT2D eigenvalue weighted by Crippen LogP contribution is -2.13. The average molecular weight is 390 g/mol. The summed E-state index contributed by atoms with van der Waals surface area (Å²) in [5.41, 5.74) is 3.02. The van der Waals surface area contributed by atoms with Crippen LogP contribution < -0.4 is 10.1 Å². The summed E-state index contributed by atoms with van der Waals surface area (Å²) in [5.74, 6) is 0.245. The van der Waals surface area contributed by atoms with Crippen molar-refractivity contribution in [3.05, 3.63) is 69.6 Å². The van der Waals surface area contributed by atoms with Gasteiger partial charge in [0, 0.05) is 10.0 Å². The second kappa shape index (κ2) is 7.34. The highest BCUT2D eigenvalue weighted by atomic mass is 79.9. The molecular formula is C16H12BrN3O2S. The Morgan fingerprint density at radius 3 is 2.74 bits per heavy atom. The first-order valence-electron chi connectivity index (χ1n) is 6.77. The molecule has 1 N–H and O–H groups in total. The molecule has 3 rings (SSSR count). The quantitative estimate of drug-likeness (QED) is 0.712. The molecule has 0 aliphatic carbocycles. The summed E-state index contributed by atoms with van der Waals surface area (Å²) in [6.07, 6.45) is 0. The van der Waals surface area contributed by atoms with Gasteiger partial charge in [-0.2, -0.15) is 0 Å². The van der Waals surface area contributed by atoms with Gasteiger partial charge in [0.15, 0.2) is 0 Å². The Morgan fingerprint density at radius 2 is 1.96 bits per heavy atom. The van der Waals surface area contributed by atoms with Gasteiger partial charge in [-0.1, -0.05) is 57.6 Å². The van der Waals surface area contributed by atoms with Crippen molar-refractivity contribution in [2.24, 2.45) is 0 Å². The number of nitrogens with one attached hydrogen (secondary N) is 1. The predicted molar refractivity (Wildman–Crippen MR) is 92.8 cm³/mol. The highest BCUT2D eigenvalue weighted by Crippen LogP contribution is 2.23. The lowest BCUT2D eigenvalue weighted by molar-refractivity contribution is 0.102. The van der Waals surface area contributed by atoms with E-state index < -0.39 is 0 Å². The number of carbonyl (C=O) groups is 1. The Morgan fingerprint density at radius 1 is 1.17 bits per heavy atom. The van der Waals surface area contributed by atoms with Crippen molar-refractivity contribution in [2.45, 2.75) is 6.61 Å². The molecule has 2 aromatic carbocycles. The van der Waals surface area contributed by atoms with Crippen molar-refractivity contribution in [3.8, 4) is 5.75 Å². The third kappa shape index (κ3) is 3.94. The number of benzene rings is 2. The van der Waals surface area contributed by atoms with Crippen LogP contribution in [-0.2, 0) is 6.61 Å². The molecule has 1 aromatic heterocycles. The van der Waals surface area contributed by atoms with Gasteiger partial charge >= 0.3 is 0 Å². The first kappa shape index (κ1) is 15.6. The molecule has 116 valence electrons. The van der Waals surface area contributed by atoms with E-state index in [0.29, 0.717) is 23.1 Å². The molecule has 0 aliphatic heterocycles. The van der Waals surface area contributed by atoms with Crippen LogP contribution in [-0.4, -0.2) is 16.1 Å². The number of hydrogen-bond donors (Lipinski definition) is 1. The van der Waals surface area contributed by atoms with E-state index >= 15 is 0 Å². The van der Waals surface area contributed by atoms with Gasteiger partial charge in [0.1, 0.15) is 17.9 Å². The summed E-state index contributed by atoms with van der Waals surface area (Å²) in [4.78, 5) is 12.3. The van der Waals surface area contributed by atoms with Crippen molar-refractivity contribution >= 4 is 38.3 Å². The molecule has 0 atom stereocenters. The van der Waals surface area contributed by atoms with Crippen LogP contribution in [0.2, 0.25) is 0 Å². The molecule has 0 fully saturated rings. The Bertz CT molecular complexity index is 809. The van der Waals surface area contributed by atoms with Crippen LogP contribution in [0.3, 0.4) is 0 Å². The molecule has 1 heterocycles. The van der Waals surface area contributed by atoms with Gasteiger partial charge in [0.05, 0.1) is 5.56 Å². The summed E-state index contributed by atoms with van der Waals surface area (Å²) in [7, 11) is 0. The minimum Gasteiger partial charge on any atom is -0.488 e.